The molecule has 3 N–H and O–H groups in total. The Bertz CT molecular complexity index is 1150. The largest absolute Gasteiger partial charge is 0.464 e. The fourth-order valence-corrected chi connectivity index (χ4v) is 4.65. The number of anilines is 2. The molecule has 0 aromatic carbocycles. The number of fused-ring (bicyclic) bond motifs is 1. The molecule has 1 aliphatic carbocycles. The van der Waals surface area contributed by atoms with Crippen LogP contribution in [0.25, 0.3) is 11.0 Å². The van der Waals surface area contributed by atoms with E-state index < -0.39 is 17.8 Å². The van der Waals surface area contributed by atoms with Crippen molar-refractivity contribution in [1.82, 2.24) is 14.9 Å². The van der Waals surface area contributed by atoms with Gasteiger partial charge in [0.2, 0.25) is 5.91 Å². The second kappa shape index (κ2) is 10.3. The molecule has 1 saturated heterocycles. The number of nitrogens with one attached hydrogen (secondary N) is 2. The van der Waals surface area contributed by atoms with Crippen LogP contribution in [0.2, 0.25) is 0 Å². The van der Waals surface area contributed by atoms with E-state index in [2.05, 4.69) is 20.5 Å². The van der Waals surface area contributed by atoms with Gasteiger partial charge in [0.25, 0.3) is 0 Å². The van der Waals surface area contributed by atoms with Gasteiger partial charge in [0.1, 0.15) is 5.60 Å². The number of carbonyl (C=O) groups excluding carboxylic acids is 2. The number of amides is 2. The number of aromatic nitrogens is 2. The van der Waals surface area contributed by atoms with Crippen LogP contribution in [0, 0.1) is 0 Å². The molecule has 0 radical (unpaired) electrons. The monoisotopic (exact) mass is 501 g/mol. The molecule has 2 aromatic heterocycles. The third-order valence-electron chi connectivity index (χ3n) is 6.30. The number of carbonyl (C=O) groups is 3. The number of carboxylic acid groups (broad SMARTS) is 1. The van der Waals surface area contributed by atoms with Gasteiger partial charge in [0.05, 0.1) is 29.8 Å². The standard InChI is InChI=1S/C25H35N5O6/c1-25(2,3)36-23(32)27-16-6-5-10-29(13-16)21-17(15-7-8-15)12-26-22-20(21)18(14-30(22)24(33)34)28-19(31)9-11-35-4/h12,14-16H,5-11,13H2,1-4H3,(H,27,32)(H,28,31)(H,33,34)/t16-/m1/s1. The molecule has 3 heterocycles. The van der Waals surface area contributed by atoms with Crippen molar-refractivity contribution in [3.63, 3.8) is 0 Å². The van der Waals surface area contributed by atoms with Crippen LogP contribution in [0.15, 0.2) is 12.4 Å². The highest BCUT2D eigenvalue weighted by Crippen LogP contribution is 2.48. The summed E-state index contributed by atoms with van der Waals surface area (Å²) in [5, 5.41) is 16.3. The van der Waals surface area contributed by atoms with Gasteiger partial charge < -0.3 is 30.1 Å². The molecule has 11 nitrogen and oxygen atoms in total. The van der Waals surface area contributed by atoms with Crippen molar-refractivity contribution in [3.8, 4) is 0 Å². The summed E-state index contributed by atoms with van der Waals surface area (Å²) in [5.74, 6) is 0.0634. The van der Waals surface area contributed by atoms with Gasteiger partial charge in [-0.15, -0.1) is 0 Å². The Balaban J connectivity index is 1.72. The van der Waals surface area contributed by atoms with E-state index in [1.54, 1.807) is 6.20 Å². The van der Waals surface area contributed by atoms with Crippen molar-refractivity contribution in [2.24, 2.45) is 0 Å². The topological polar surface area (TPSA) is 135 Å². The van der Waals surface area contributed by atoms with Crippen molar-refractivity contribution in [2.45, 2.75) is 70.4 Å². The number of hydrogen-bond donors (Lipinski definition) is 3. The van der Waals surface area contributed by atoms with Crippen molar-refractivity contribution in [1.29, 1.82) is 0 Å². The Hall–Kier alpha value is -3.34. The minimum atomic E-state index is -1.18. The summed E-state index contributed by atoms with van der Waals surface area (Å²) >= 11 is 0. The molecule has 2 fully saturated rings. The molecule has 2 aromatic rings. The Morgan fingerprint density at radius 3 is 2.61 bits per heavy atom. The van der Waals surface area contributed by atoms with Gasteiger partial charge in [-0.3, -0.25) is 4.79 Å². The lowest BCUT2D eigenvalue weighted by atomic mass is 10.0. The number of hydrogen-bond acceptors (Lipinski definition) is 7. The molecule has 11 heteroatoms. The van der Waals surface area contributed by atoms with E-state index in [1.165, 1.54) is 13.3 Å². The Labute approximate surface area is 210 Å². The summed E-state index contributed by atoms with van der Waals surface area (Å²) in [7, 11) is 1.52. The molecule has 0 spiro atoms. The first kappa shape index (κ1) is 25.7. The van der Waals surface area contributed by atoms with Gasteiger partial charge in [-0.1, -0.05) is 0 Å². The number of pyridine rings is 1. The van der Waals surface area contributed by atoms with Crippen molar-refractivity contribution < 1.29 is 29.0 Å². The highest BCUT2D eigenvalue weighted by Gasteiger charge is 2.34. The van der Waals surface area contributed by atoms with E-state index >= 15 is 0 Å². The van der Waals surface area contributed by atoms with E-state index in [4.69, 9.17) is 9.47 Å². The fraction of sp³-hybridized carbons (Fsp3) is 0.600. The number of alkyl carbamates (subject to hydrolysis) is 1. The van der Waals surface area contributed by atoms with Gasteiger partial charge in [0, 0.05) is 38.6 Å². The van der Waals surface area contributed by atoms with Crippen LogP contribution in [0.1, 0.15) is 64.4 Å². The van der Waals surface area contributed by atoms with Crippen LogP contribution in [0.4, 0.5) is 21.0 Å². The lowest BCUT2D eigenvalue weighted by Gasteiger charge is -2.36. The number of methoxy groups -OCH3 is 1. The smallest absolute Gasteiger partial charge is 0.417 e. The first-order valence-electron chi connectivity index (χ1n) is 12.4. The lowest BCUT2D eigenvalue weighted by molar-refractivity contribution is -0.117. The van der Waals surface area contributed by atoms with E-state index in [0.717, 1.165) is 48.0 Å². The SMILES string of the molecule is COCCC(=O)Nc1cn(C(=O)O)c2ncc(C3CC3)c(N3CCC[C@@H](NC(=O)OC(C)(C)C)C3)c12. The second-order valence-corrected chi connectivity index (χ2v) is 10.5. The zero-order valence-corrected chi connectivity index (χ0v) is 21.3. The van der Waals surface area contributed by atoms with Crippen molar-refractivity contribution in [3.05, 3.63) is 18.0 Å². The summed E-state index contributed by atoms with van der Waals surface area (Å²) in [4.78, 5) is 43.7. The number of rotatable bonds is 7. The van der Waals surface area contributed by atoms with Gasteiger partial charge >= 0.3 is 12.2 Å². The van der Waals surface area contributed by atoms with Gasteiger partial charge in [-0.25, -0.2) is 19.1 Å². The normalized spacial score (nSPS) is 18.2. The van der Waals surface area contributed by atoms with E-state index in [1.807, 2.05) is 20.8 Å². The summed E-state index contributed by atoms with van der Waals surface area (Å²) < 4.78 is 11.5. The summed E-state index contributed by atoms with van der Waals surface area (Å²) in [6.45, 7) is 7.00. The first-order valence-corrected chi connectivity index (χ1v) is 12.4. The number of ether oxygens (including phenoxy) is 2. The maximum Gasteiger partial charge on any atom is 0.417 e. The van der Waals surface area contributed by atoms with Crippen LogP contribution in [-0.4, -0.2) is 71.2 Å². The predicted octanol–water partition coefficient (Wildman–Crippen LogP) is 3.91. The van der Waals surface area contributed by atoms with Crippen LogP contribution >= 0.6 is 0 Å². The molecule has 196 valence electrons. The molecule has 0 bridgehead atoms. The molecule has 1 atom stereocenters. The van der Waals surface area contributed by atoms with Crippen LogP contribution in [0.3, 0.4) is 0 Å². The Kier molecular flexibility index (Phi) is 7.39. The van der Waals surface area contributed by atoms with E-state index in [9.17, 15) is 19.5 Å². The minimum absolute atomic E-state index is 0.134. The van der Waals surface area contributed by atoms with Crippen LogP contribution < -0.4 is 15.5 Å². The molecule has 0 unspecified atom stereocenters. The number of nitrogens with zero attached hydrogens (tertiary/aromatic N) is 3. The number of piperidine rings is 1. The zero-order chi connectivity index (χ0) is 26.0. The maximum absolute atomic E-state index is 12.6. The summed E-state index contributed by atoms with van der Waals surface area (Å²) in [6, 6.07) is -0.134. The third-order valence-corrected chi connectivity index (χ3v) is 6.30. The average Bonchev–Trinajstić information content (AvgIpc) is 3.57. The molecule has 1 saturated carbocycles. The fourth-order valence-electron chi connectivity index (χ4n) is 4.65. The molecular formula is C25H35N5O6. The quantitative estimate of drug-likeness (QED) is 0.520. The lowest BCUT2D eigenvalue weighted by Crippen LogP contribution is -2.49. The summed E-state index contributed by atoms with van der Waals surface area (Å²) in [5.41, 5.74) is 1.99. The minimum Gasteiger partial charge on any atom is -0.464 e. The Morgan fingerprint density at radius 1 is 1.22 bits per heavy atom. The third kappa shape index (κ3) is 5.89. The average molecular weight is 502 g/mol. The Morgan fingerprint density at radius 2 is 1.97 bits per heavy atom. The molecular weight excluding hydrogens is 466 g/mol. The van der Waals surface area contributed by atoms with E-state index in [-0.39, 0.29) is 30.6 Å². The van der Waals surface area contributed by atoms with Crippen LogP contribution in [-0.2, 0) is 14.3 Å². The molecule has 1 aliphatic heterocycles. The molecule has 2 aliphatic rings. The maximum atomic E-state index is 12.6. The zero-order valence-electron chi connectivity index (χ0n) is 21.3. The molecule has 4 rings (SSSR count). The van der Waals surface area contributed by atoms with Gasteiger partial charge in [0.15, 0.2) is 5.65 Å². The second-order valence-electron chi connectivity index (χ2n) is 10.5. The highest BCUT2D eigenvalue weighted by molar-refractivity contribution is 6.09. The van der Waals surface area contributed by atoms with Crippen LogP contribution in [0.5, 0.6) is 0 Å². The van der Waals surface area contributed by atoms with Gasteiger partial charge in [-0.05, 0) is 57.9 Å². The highest BCUT2D eigenvalue weighted by atomic mass is 16.6. The molecule has 2 amide bonds. The van der Waals surface area contributed by atoms with Crippen molar-refractivity contribution >= 4 is 40.5 Å². The first-order chi connectivity index (χ1) is 17.1. The van der Waals surface area contributed by atoms with Gasteiger partial charge in [-0.2, -0.15) is 0 Å². The molecule has 36 heavy (non-hydrogen) atoms. The van der Waals surface area contributed by atoms with Crippen molar-refractivity contribution in [2.75, 3.05) is 37.0 Å². The predicted molar refractivity (Wildman–Crippen MR) is 135 cm³/mol. The summed E-state index contributed by atoms with van der Waals surface area (Å²) in [6.07, 6.45) is 5.38. The van der Waals surface area contributed by atoms with E-state index in [0.29, 0.717) is 23.5 Å².